The van der Waals surface area contributed by atoms with Gasteiger partial charge in [-0.25, -0.2) is 0 Å². The lowest BCUT2D eigenvalue weighted by molar-refractivity contribution is 0.426. The molecule has 0 bridgehead atoms. The second-order valence-electron chi connectivity index (χ2n) is 4.95. The first-order valence-electron chi connectivity index (χ1n) is 7.86. The summed E-state index contributed by atoms with van der Waals surface area (Å²) in [5.41, 5.74) is 4.83. The molecule has 3 rings (SSSR count). The van der Waals surface area contributed by atoms with Crippen LogP contribution in [0.25, 0.3) is 22.3 Å². The summed E-state index contributed by atoms with van der Waals surface area (Å²) in [5, 5.41) is 18.6. The second kappa shape index (κ2) is 8.32. The van der Waals surface area contributed by atoms with E-state index in [9.17, 15) is 10.0 Å². The van der Waals surface area contributed by atoms with E-state index in [1.165, 1.54) is 0 Å². The van der Waals surface area contributed by atoms with E-state index < -0.39 is 7.12 Å². The summed E-state index contributed by atoms with van der Waals surface area (Å²) in [6.07, 6.45) is 0. The average Bonchev–Trinajstić information content (AvgIpc) is 2.64. The third-order valence-corrected chi connectivity index (χ3v) is 3.49. The van der Waals surface area contributed by atoms with Crippen molar-refractivity contribution in [3.63, 3.8) is 0 Å². The molecule has 0 atom stereocenters. The van der Waals surface area contributed by atoms with Crippen molar-refractivity contribution in [3.8, 4) is 22.3 Å². The minimum Gasteiger partial charge on any atom is -0.423 e. The lowest BCUT2D eigenvalue weighted by atomic mass is 9.79. The molecule has 0 radical (unpaired) electrons. The fourth-order valence-electron chi connectivity index (χ4n) is 2.39. The van der Waals surface area contributed by atoms with Crippen LogP contribution in [0.5, 0.6) is 0 Å². The molecule has 0 aromatic heterocycles. The van der Waals surface area contributed by atoms with Gasteiger partial charge >= 0.3 is 7.12 Å². The Bertz CT molecular complexity index is 739. The fourth-order valence-corrected chi connectivity index (χ4v) is 2.39. The maximum Gasteiger partial charge on any atom is 0.488 e. The van der Waals surface area contributed by atoms with Gasteiger partial charge in [0.1, 0.15) is 0 Å². The Morgan fingerprint density at radius 3 is 1.65 bits per heavy atom. The van der Waals surface area contributed by atoms with E-state index in [1.807, 2.05) is 56.3 Å². The van der Waals surface area contributed by atoms with Crippen molar-refractivity contribution >= 4 is 12.6 Å². The molecule has 116 valence electrons. The molecule has 0 saturated carbocycles. The molecule has 0 aliphatic rings. The lowest BCUT2D eigenvalue weighted by Crippen LogP contribution is -2.29. The zero-order valence-corrected chi connectivity index (χ0v) is 13.5. The van der Waals surface area contributed by atoms with Gasteiger partial charge in [-0.2, -0.15) is 0 Å². The van der Waals surface area contributed by atoms with Crippen LogP contribution in [0.4, 0.5) is 0 Å². The highest BCUT2D eigenvalue weighted by Crippen LogP contribution is 2.25. The van der Waals surface area contributed by atoms with Crippen LogP contribution in [-0.4, -0.2) is 17.2 Å². The predicted molar refractivity (Wildman–Crippen MR) is 98.5 cm³/mol. The summed E-state index contributed by atoms with van der Waals surface area (Å²) in [4.78, 5) is 0. The maximum absolute atomic E-state index is 9.28. The normalized spacial score (nSPS) is 9.74. The minimum atomic E-state index is -1.44. The van der Waals surface area contributed by atoms with Gasteiger partial charge in [0.15, 0.2) is 0 Å². The highest BCUT2D eigenvalue weighted by Gasteiger charge is 2.11. The van der Waals surface area contributed by atoms with Crippen molar-refractivity contribution in [2.45, 2.75) is 13.8 Å². The molecule has 23 heavy (non-hydrogen) atoms. The molecule has 0 unspecified atom stereocenters. The first-order chi connectivity index (χ1) is 11.2. The summed E-state index contributed by atoms with van der Waals surface area (Å²) in [6.45, 7) is 4.00. The van der Waals surface area contributed by atoms with E-state index in [2.05, 4.69) is 24.3 Å². The van der Waals surface area contributed by atoms with Crippen LogP contribution < -0.4 is 5.46 Å². The Balaban J connectivity index is 0.000000924. The smallest absolute Gasteiger partial charge is 0.423 e. The molecule has 0 saturated heterocycles. The average molecular weight is 304 g/mol. The van der Waals surface area contributed by atoms with Gasteiger partial charge in [0.2, 0.25) is 0 Å². The Kier molecular flexibility index (Phi) is 6.15. The molecule has 3 aromatic rings. The van der Waals surface area contributed by atoms with Crippen molar-refractivity contribution in [3.05, 3.63) is 78.9 Å². The fraction of sp³-hybridized carbons (Fsp3) is 0.100. The quantitative estimate of drug-likeness (QED) is 0.724. The van der Waals surface area contributed by atoms with Gasteiger partial charge in [0, 0.05) is 0 Å². The highest BCUT2D eigenvalue weighted by molar-refractivity contribution is 6.58. The van der Waals surface area contributed by atoms with Crippen molar-refractivity contribution in [1.29, 1.82) is 0 Å². The first-order valence-corrected chi connectivity index (χ1v) is 7.86. The van der Waals surface area contributed by atoms with Crippen LogP contribution in [0.15, 0.2) is 78.9 Å². The zero-order chi connectivity index (χ0) is 16.7. The molecule has 0 heterocycles. The highest BCUT2D eigenvalue weighted by atomic mass is 16.4. The predicted octanol–water partition coefficient (Wildman–Crippen LogP) is 3.73. The summed E-state index contributed by atoms with van der Waals surface area (Å²) in [7, 11) is -1.44. The first kappa shape index (κ1) is 17.0. The molecular weight excluding hydrogens is 283 g/mol. The van der Waals surface area contributed by atoms with E-state index in [0.29, 0.717) is 5.46 Å². The third-order valence-electron chi connectivity index (χ3n) is 3.49. The monoisotopic (exact) mass is 304 g/mol. The standard InChI is InChI=1S/C18H15BO2.C2H6/c20-19(21)18-11-5-10-17(13-18)16-9-4-8-15(12-16)14-6-2-1-3-7-14;1-2/h1-13,20-21H;1-2H3. The number of benzene rings is 3. The molecule has 0 aliphatic heterocycles. The second-order valence-corrected chi connectivity index (χ2v) is 4.95. The van der Waals surface area contributed by atoms with Gasteiger partial charge < -0.3 is 10.0 Å². The van der Waals surface area contributed by atoms with Crippen LogP contribution in [-0.2, 0) is 0 Å². The Morgan fingerprint density at radius 2 is 1.04 bits per heavy atom. The van der Waals surface area contributed by atoms with Crippen molar-refractivity contribution in [2.75, 3.05) is 0 Å². The molecule has 2 N–H and O–H groups in total. The van der Waals surface area contributed by atoms with Gasteiger partial charge in [0.05, 0.1) is 0 Å². The van der Waals surface area contributed by atoms with Crippen molar-refractivity contribution in [2.24, 2.45) is 0 Å². The topological polar surface area (TPSA) is 40.5 Å². The lowest BCUT2D eigenvalue weighted by Gasteiger charge is -2.08. The molecule has 2 nitrogen and oxygen atoms in total. The number of rotatable bonds is 3. The summed E-state index contributed by atoms with van der Waals surface area (Å²) in [6, 6.07) is 25.7. The zero-order valence-electron chi connectivity index (χ0n) is 13.5. The SMILES string of the molecule is CC.OB(O)c1cccc(-c2cccc(-c3ccccc3)c2)c1. The Labute approximate surface area is 138 Å². The van der Waals surface area contributed by atoms with E-state index in [1.54, 1.807) is 12.1 Å². The molecule has 0 aliphatic carbocycles. The van der Waals surface area contributed by atoms with Crippen LogP contribution in [0, 0.1) is 0 Å². The van der Waals surface area contributed by atoms with E-state index >= 15 is 0 Å². The van der Waals surface area contributed by atoms with E-state index in [4.69, 9.17) is 0 Å². The van der Waals surface area contributed by atoms with Crippen LogP contribution in [0.3, 0.4) is 0 Å². The minimum absolute atomic E-state index is 0.498. The molecule has 3 heteroatoms. The van der Waals surface area contributed by atoms with Gasteiger partial charge in [-0.05, 0) is 33.8 Å². The van der Waals surface area contributed by atoms with Gasteiger partial charge in [-0.3, -0.25) is 0 Å². The molecular formula is C20H21BO2. The van der Waals surface area contributed by atoms with E-state index in [-0.39, 0.29) is 0 Å². The van der Waals surface area contributed by atoms with E-state index in [0.717, 1.165) is 22.3 Å². The summed E-state index contributed by atoms with van der Waals surface area (Å²) in [5.74, 6) is 0. The molecule has 0 spiro atoms. The van der Waals surface area contributed by atoms with Gasteiger partial charge in [-0.1, -0.05) is 86.6 Å². The number of hydrogen-bond acceptors (Lipinski definition) is 2. The number of hydrogen-bond donors (Lipinski definition) is 2. The Hall–Kier alpha value is -2.36. The molecule has 3 aromatic carbocycles. The van der Waals surface area contributed by atoms with Crippen LogP contribution in [0.1, 0.15) is 13.8 Å². The maximum atomic E-state index is 9.28. The summed E-state index contributed by atoms with van der Waals surface area (Å²) < 4.78 is 0. The van der Waals surface area contributed by atoms with Crippen LogP contribution >= 0.6 is 0 Å². The van der Waals surface area contributed by atoms with Gasteiger partial charge in [-0.15, -0.1) is 0 Å². The molecule has 0 fully saturated rings. The van der Waals surface area contributed by atoms with Crippen LogP contribution in [0.2, 0.25) is 0 Å². The van der Waals surface area contributed by atoms with Crippen molar-refractivity contribution in [1.82, 2.24) is 0 Å². The molecule has 0 amide bonds. The van der Waals surface area contributed by atoms with Gasteiger partial charge in [0.25, 0.3) is 0 Å². The Morgan fingerprint density at radius 1 is 0.565 bits per heavy atom. The van der Waals surface area contributed by atoms with Crippen molar-refractivity contribution < 1.29 is 10.0 Å². The third kappa shape index (κ3) is 4.32. The summed E-state index contributed by atoms with van der Waals surface area (Å²) >= 11 is 0. The largest absolute Gasteiger partial charge is 0.488 e.